The van der Waals surface area contributed by atoms with Gasteiger partial charge in [0.15, 0.2) is 0 Å². The largest absolute Gasteiger partial charge is 0.469 e. The van der Waals surface area contributed by atoms with Crippen molar-refractivity contribution in [2.45, 2.75) is 89.3 Å². The van der Waals surface area contributed by atoms with Crippen LogP contribution in [0.4, 0.5) is 0 Å². The molecular weight excluding hydrogens is 410 g/mol. The normalized spacial score (nSPS) is 32.1. The van der Waals surface area contributed by atoms with Gasteiger partial charge in [0, 0.05) is 23.3 Å². The standard InChI is InChI=1S/C23H31N5O2S/c1-15-19(22-12-23(13-22,14-22)21(29)30-2)24-18(31-15)11-27-9-6-7-16(27)20-26-25-17-8-4-3-5-10-28(17)20/h16H,3-14H2,1-2H3. The molecular formula is C23H31N5O2S. The molecule has 1 unspecified atom stereocenters. The molecule has 1 atom stereocenters. The fraction of sp³-hybridized carbons (Fsp3) is 0.739. The number of carbonyl (C=O) groups excluding carboxylic acids is 1. The number of ether oxygens (including phenoxy) is 1. The number of carbonyl (C=O) groups is 1. The van der Waals surface area contributed by atoms with E-state index in [9.17, 15) is 4.79 Å². The van der Waals surface area contributed by atoms with E-state index < -0.39 is 0 Å². The summed E-state index contributed by atoms with van der Waals surface area (Å²) in [6.07, 6.45) is 9.90. The molecule has 8 heteroatoms. The van der Waals surface area contributed by atoms with Gasteiger partial charge >= 0.3 is 5.97 Å². The molecule has 2 aromatic heterocycles. The van der Waals surface area contributed by atoms with Crippen molar-refractivity contribution in [1.82, 2.24) is 24.6 Å². The Hall–Kier alpha value is -1.80. The summed E-state index contributed by atoms with van der Waals surface area (Å²) < 4.78 is 7.42. The van der Waals surface area contributed by atoms with Crippen LogP contribution < -0.4 is 0 Å². The molecule has 7 rings (SSSR count). The van der Waals surface area contributed by atoms with E-state index in [2.05, 4.69) is 26.6 Å². The number of nitrogens with zero attached hydrogens (tertiary/aromatic N) is 5. The van der Waals surface area contributed by atoms with Crippen molar-refractivity contribution in [2.24, 2.45) is 5.41 Å². The number of aryl methyl sites for hydroxylation is 2. The van der Waals surface area contributed by atoms with Crippen molar-refractivity contribution in [3.8, 4) is 0 Å². The lowest BCUT2D eigenvalue weighted by atomic mass is 9.34. The predicted octanol–water partition coefficient (Wildman–Crippen LogP) is 3.70. The Labute approximate surface area is 187 Å². The second-order valence-electron chi connectivity index (χ2n) is 10.2. The molecule has 166 valence electrons. The minimum atomic E-state index is -0.212. The van der Waals surface area contributed by atoms with Crippen LogP contribution in [0.15, 0.2) is 0 Å². The summed E-state index contributed by atoms with van der Waals surface area (Å²) in [5, 5.41) is 10.4. The van der Waals surface area contributed by atoms with Crippen LogP contribution in [-0.4, -0.2) is 44.3 Å². The van der Waals surface area contributed by atoms with Gasteiger partial charge in [0.05, 0.1) is 30.8 Å². The summed E-state index contributed by atoms with van der Waals surface area (Å²) >= 11 is 1.83. The fourth-order valence-corrected chi connectivity index (χ4v) is 7.80. The van der Waals surface area contributed by atoms with Gasteiger partial charge < -0.3 is 9.30 Å². The molecule has 5 aliphatic rings. The first-order chi connectivity index (χ1) is 15.0. The number of hydrogen-bond donors (Lipinski definition) is 0. The molecule has 2 bridgehead atoms. The molecule has 0 spiro atoms. The van der Waals surface area contributed by atoms with Crippen LogP contribution in [0, 0.1) is 12.3 Å². The van der Waals surface area contributed by atoms with Crippen LogP contribution >= 0.6 is 11.3 Å². The molecule has 0 amide bonds. The van der Waals surface area contributed by atoms with Crippen molar-refractivity contribution in [3.63, 3.8) is 0 Å². The monoisotopic (exact) mass is 441 g/mol. The van der Waals surface area contributed by atoms with Crippen molar-refractivity contribution in [3.05, 3.63) is 27.2 Å². The van der Waals surface area contributed by atoms with Crippen LogP contribution in [0.5, 0.6) is 0 Å². The highest BCUT2D eigenvalue weighted by Crippen LogP contribution is 2.74. The zero-order chi connectivity index (χ0) is 21.2. The lowest BCUT2D eigenvalue weighted by molar-refractivity contribution is -0.198. The first kappa shape index (κ1) is 19.9. The van der Waals surface area contributed by atoms with E-state index in [1.807, 2.05) is 11.3 Å². The fourth-order valence-electron chi connectivity index (χ4n) is 6.72. The lowest BCUT2D eigenvalue weighted by Crippen LogP contribution is -2.68. The third-order valence-electron chi connectivity index (χ3n) is 8.13. The minimum Gasteiger partial charge on any atom is -0.469 e. The maximum atomic E-state index is 12.1. The Balaban J connectivity index is 1.19. The van der Waals surface area contributed by atoms with Crippen molar-refractivity contribution >= 4 is 17.3 Å². The van der Waals surface area contributed by atoms with Gasteiger partial charge in [0.2, 0.25) is 0 Å². The molecule has 3 aliphatic carbocycles. The van der Waals surface area contributed by atoms with Gasteiger partial charge in [-0.05, 0) is 58.4 Å². The SMILES string of the molecule is COC(=O)C12CC(c3nc(CN4CCCC4c4nnc5n4CCCCC5)sc3C)(C1)C2. The van der Waals surface area contributed by atoms with Gasteiger partial charge in [-0.15, -0.1) is 21.5 Å². The number of likely N-dealkylation sites (tertiary alicyclic amines) is 1. The van der Waals surface area contributed by atoms with E-state index in [1.165, 1.54) is 60.0 Å². The zero-order valence-corrected chi connectivity index (χ0v) is 19.3. The second-order valence-corrected chi connectivity index (χ2v) is 11.4. The van der Waals surface area contributed by atoms with E-state index in [1.54, 1.807) is 0 Å². The van der Waals surface area contributed by atoms with E-state index in [0.29, 0.717) is 6.04 Å². The Kier molecular flexibility index (Phi) is 4.55. The number of fused-ring (bicyclic) bond motifs is 1. The molecule has 0 radical (unpaired) electrons. The molecule has 2 aliphatic heterocycles. The van der Waals surface area contributed by atoms with E-state index in [0.717, 1.165) is 51.7 Å². The summed E-state index contributed by atoms with van der Waals surface area (Å²) in [6, 6.07) is 0.351. The summed E-state index contributed by atoms with van der Waals surface area (Å²) in [4.78, 5) is 21.1. The maximum Gasteiger partial charge on any atom is 0.311 e. The van der Waals surface area contributed by atoms with Crippen LogP contribution in [0.3, 0.4) is 0 Å². The molecule has 4 fully saturated rings. The number of hydrogen-bond acceptors (Lipinski definition) is 7. The van der Waals surface area contributed by atoms with Crippen LogP contribution in [0.1, 0.15) is 84.6 Å². The third-order valence-corrected chi connectivity index (χ3v) is 9.09. The Morgan fingerprint density at radius 3 is 2.81 bits per heavy atom. The van der Waals surface area contributed by atoms with Crippen molar-refractivity contribution in [2.75, 3.05) is 13.7 Å². The van der Waals surface area contributed by atoms with Crippen LogP contribution in [0.2, 0.25) is 0 Å². The van der Waals surface area contributed by atoms with Gasteiger partial charge in [0.25, 0.3) is 0 Å². The summed E-state index contributed by atoms with van der Waals surface area (Å²) in [5.41, 5.74) is 1.16. The quantitative estimate of drug-likeness (QED) is 0.659. The number of esters is 1. The molecule has 2 aromatic rings. The number of aromatic nitrogens is 4. The van der Waals surface area contributed by atoms with Gasteiger partial charge in [-0.3, -0.25) is 9.69 Å². The van der Waals surface area contributed by atoms with Gasteiger partial charge in [-0.1, -0.05) is 6.42 Å². The third kappa shape index (κ3) is 2.94. The molecule has 0 aromatic carbocycles. The zero-order valence-electron chi connectivity index (χ0n) is 18.5. The van der Waals surface area contributed by atoms with Crippen LogP contribution in [0.25, 0.3) is 0 Å². The van der Waals surface area contributed by atoms with Crippen molar-refractivity contribution < 1.29 is 9.53 Å². The number of thiazole rings is 1. The van der Waals surface area contributed by atoms with Gasteiger partial charge in [0.1, 0.15) is 16.7 Å². The highest BCUT2D eigenvalue weighted by Gasteiger charge is 2.73. The Morgan fingerprint density at radius 1 is 1.16 bits per heavy atom. The summed E-state index contributed by atoms with van der Waals surface area (Å²) in [6.45, 7) is 5.24. The van der Waals surface area contributed by atoms with Gasteiger partial charge in [-0.2, -0.15) is 0 Å². The average Bonchev–Trinajstić information content (AvgIpc) is 3.35. The first-order valence-corrected chi connectivity index (χ1v) is 12.6. The smallest absolute Gasteiger partial charge is 0.311 e. The van der Waals surface area contributed by atoms with Gasteiger partial charge in [-0.25, -0.2) is 4.98 Å². The van der Waals surface area contributed by atoms with E-state index >= 15 is 0 Å². The predicted molar refractivity (Wildman–Crippen MR) is 117 cm³/mol. The minimum absolute atomic E-state index is 0.0326. The average molecular weight is 442 g/mol. The highest BCUT2D eigenvalue weighted by molar-refractivity contribution is 7.11. The maximum absolute atomic E-state index is 12.1. The molecule has 0 N–H and O–H groups in total. The molecule has 1 saturated heterocycles. The second kappa shape index (κ2) is 7.10. The summed E-state index contributed by atoms with van der Waals surface area (Å²) in [5.74, 6) is 2.31. The summed E-state index contributed by atoms with van der Waals surface area (Å²) in [7, 11) is 1.50. The van der Waals surface area contributed by atoms with Crippen molar-refractivity contribution in [1.29, 1.82) is 0 Å². The number of methoxy groups -OCH3 is 1. The molecule has 7 nitrogen and oxygen atoms in total. The topological polar surface area (TPSA) is 73.1 Å². The molecule has 3 saturated carbocycles. The highest BCUT2D eigenvalue weighted by atomic mass is 32.1. The lowest BCUT2D eigenvalue weighted by Gasteiger charge is -2.68. The Morgan fingerprint density at radius 2 is 2.00 bits per heavy atom. The van der Waals surface area contributed by atoms with Crippen LogP contribution in [-0.2, 0) is 34.5 Å². The molecule has 4 heterocycles. The first-order valence-electron chi connectivity index (χ1n) is 11.7. The molecule has 31 heavy (non-hydrogen) atoms. The van der Waals surface area contributed by atoms with E-state index in [-0.39, 0.29) is 16.8 Å². The van der Waals surface area contributed by atoms with E-state index in [4.69, 9.17) is 9.72 Å². The Bertz CT molecular complexity index is 1010. The number of rotatable bonds is 5.